The van der Waals surface area contributed by atoms with E-state index in [2.05, 4.69) is 6.07 Å². The van der Waals surface area contributed by atoms with Crippen LogP contribution in [0.5, 0.6) is 11.5 Å². The first-order valence-electron chi connectivity index (χ1n) is 7.64. The monoisotopic (exact) mass is 318 g/mol. The fourth-order valence-electron chi connectivity index (χ4n) is 2.41. The van der Waals surface area contributed by atoms with Crippen LogP contribution in [0.2, 0.25) is 0 Å². The van der Waals surface area contributed by atoms with E-state index in [4.69, 9.17) is 21.1 Å². The van der Waals surface area contributed by atoms with Gasteiger partial charge in [-0.15, -0.1) is 11.6 Å². The van der Waals surface area contributed by atoms with Crippen LogP contribution in [0, 0.1) is 0 Å². The highest BCUT2D eigenvalue weighted by atomic mass is 35.5. The van der Waals surface area contributed by atoms with Crippen LogP contribution in [-0.4, -0.2) is 13.2 Å². The number of alkyl halides is 1. The summed E-state index contributed by atoms with van der Waals surface area (Å²) in [5, 5.41) is 0. The average molecular weight is 319 g/mol. The lowest BCUT2D eigenvalue weighted by atomic mass is 9.94. The number of ether oxygens (including phenoxy) is 2. The molecule has 0 aromatic heterocycles. The maximum Gasteiger partial charge on any atom is 0.131 e. The van der Waals surface area contributed by atoms with Gasteiger partial charge >= 0.3 is 0 Å². The third-order valence-corrected chi connectivity index (χ3v) is 3.65. The Balaban J connectivity index is 2.34. The minimum Gasteiger partial charge on any atom is -0.457 e. The summed E-state index contributed by atoms with van der Waals surface area (Å²) in [6, 6.07) is 15.8. The van der Waals surface area contributed by atoms with Gasteiger partial charge in [-0.25, -0.2) is 0 Å². The first-order valence-corrected chi connectivity index (χ1v) is 8.02. The molecule has 0 aliphatic carbocycles. The molecular weight excluding hydrogens is 296 g/mol. The van der Waals surface area contributed by atoms with E-state index in [1.165, 1.54) is 0 Å². The normalized spacial score (nSPS) is 11.5. The molecule has 0 saturated heterocycles. The SMILES string of the molecule is CCOCCc1c(Oc2ccccc2)cccc1C(C)(C)Cl. The summed E-state index contributed by atoms with van der Waals surface area (Å²) in [6.45, 7) is 7.37. The highest BCUT2D eigenvalue weighted by molar-refractivity contribution is 6.23. The van der Waals surface area contributed by atoms with Crippen molar-refractivity contribution in [3.63, 3.8) is 0 Å². The first-order chi connectivity index (χ1) is 10.5. The molecule has 0 N–H and O–H groups in total. The number of para-hydroxylation sites is 1. The van der Waals surface area contributed by atoms with E-state index in [0.717, 1.165) is 29.0 Å². The second-order valence-corrected chi connectivity index (χ2v) is 6.56. The van der Waals surface area contributed by atoms with E-state index in [0.29, 0.717) is 13.2 Å². The standard InChI is InChI=1S/C19H23ClO2/c1-4-21-14-13-16-17(19(2,3)20)11-8-12-18(16)22-15-9-6-5-7-10-15/h5-12H,4,13-14H2,1-3H3. The van der Waals surface area contributed by atoms with Gasteiger partial charge < -0.3 is 9.47 Å². The first kappa shape index (κ1) is 16.9. The minimum atomic E-state index is -0.447. The second kappa shape index (κ2) is 7.66. The number of hydrogen-bond acceptors (Lipinski definition) is 2. The van der Waals surface area contributed by atoms with E-state index in [1.807, 2.05) is 63.2 Å². The van der Waals surface area contributed by atoms with Crippen molar-refractivity contribution in [3.8, 4) is 11.5 Å². The number of rotatable bonds is 7. The highest BCUT2D eigenvalue weighted by Gasteiger charge is 2.22. The van der Waals surface area contributed by atoms with E-state index in [1.54, 1.807) is 0 Å². The second-order valence-electron chi connectivity index (χ2n) is 5.62. The van der Waals surface area contributed by atoms with Crippen molar-refractivity contribution in [1.82, 2.24) is 0 Å². The Hall–Kier alpha value is -1.51. The van der Waals surface area contributed by atoms with Gasteiger partial charge in [-0.3, -0.25) is 0 Å². The molecule has 0 amide bonds. The van der Waals surface area contributed by atoms with Crippen LogP contribution in [0.15, 0.2) is 48.5 Å². The largest absolute Gasteiger partial charge is 0.457 e. The van der Waals surface area contributed by atoms with E-state index < -0.39 is 4.87 Å². The van der Waals surface area contributed by atoms with Gasteiger partial charge in [0.1, 0.15) is 11.5 Å². The molecule has 3 heteroatoms. The van der Waals surface area contributed by atoms with Crippen molar-refractivity contribution in [3.05, 3.63) is 59.7 Å². The lowest BCUT2D eigenvalue weighted by molar-refractivity contribution is 0.150. The Morgan fingerprint density at radius 2 is 1.73 bits per heavy atom. The highest BCUT2D eigenvalue weighted by Crippen LogP contribution is 2.36. The molecule has 0 unspecified atom stereocenters. The third-order valence-electron chi connectivity index (χ3n) is 3.45. The number of hydrogen-bond donors (Lipinski definition) is 0. The zero-order valence-corrected chi connectivity index (χ0v) is 14.2. The van der Waals surface area contributed by atoms with Gasteiger partial charge in [0.15, 0.2) is 0 Å². The molecule has 0 aliphatic rings. The molecule has 0 heterocycles. The Kier molecular flexibility index (Phi) is 5.87. The Morgan fingerprint density at radius 1 is 1.00 bits per heavy atom. The zero-order valence-electron chi connectivity index (χ0n) is 13.4. The average Bonchev–Trinajstić information content (AvgIpc) is 2.49. The molecule has 2 aromatic rings. The number of benzene rings is 2. The van der Waals surface area contributed by atoms with Crippen molar-refractivity contribution in [2.75, 3.05) is 13.2 Å². The summed E-state index contributed by atoms with van der Waals surface area (Å²) < 4.78 is 11.6. The summed E-state index contributed by atoms with van der Waals surface area (Å²) in [7, 11) is 0. The van der Waals surface area contributed by atoms with Gasteiger partial charge in [0.2, 0.25) is 0 Å². The van der Waals surface area contributed by atoms with E-state index >= 15 is 0 Å². The molecule has 0 radical (unpaired) electrons. The maximum absolute atomic E-state index is 6.56. The molecule has 2 rings (SSSR count). The summed E-state index contributed by atoms with van der Waals surface area (Å²) in [5.41, 5.74) is 2.20. The molecule has 22 heavy (non-hydrogen) atoms. The Labute approximate surface area is 138 Å². The zero-order chi connectivity index (χ0) is 16.0. The topological polar surface area (TPSA) is 18.5 Å². The van der Waals surface area contributed by atoms with Crippen LogP contribution >= 0.6 is 11.6 Å². The molecular formula is C19H23ClO2. The van der Waals surface area contributed by atoms with Gasteiger partial charge in [-0.1, -0.05) is 30.3 Å². The van der Waals surface area contributed by atoms with Crippen molar-refractivity contribution in [2.24, 2.45) is 0 Å². The fraction of sp³-hybridized carbons (Fsp3) is 0.368. The molecule has 2 aromatic carbocycles. The summed E-state index contributed by atoms with van der Waals surface area (Å²) >= 11 is 6.56. The van der Waals surface area contributed by atoms with Crippen LogP contribution in [0.4, 0.5) is 0 Å². The van der Waals surface area contributed by atoms with Crippen LogP contribution < -0.4 is 4.74 Å². The van der Waals surface area contributed by atoms with Gasteiger partial charge in [-0.05, 0) is 51.0 Å². The fourth-order valence-corrected chi connectivity index (χ4v) is 2.59. The summed E-state index contributed by atoms with van der Waals surface area (Å²) in [6.07, 6.45) is 0.780. The predicted octanol–water partition coefficient (Wildman–Crippen LogP) is 5.53. The van der Waals surface area contributed by atoms with Gasteiger partial charge in [0, 0.05) is 12.2 Å². The summed E-state index contributed by atoms with van der Waals surface area (Å²) in [5.74, 6) is 1.67. The molecule has 0 spiro atoms. The van der Waals surface area contributed by atoms with Crippen molar-refractivity contribution in [1.29, 1.82) is 0 Å². The lowest BCUT2D eigenvalue weighted by Crippen LogP contribution is -2.13. The number of halogens is 1. The summed E-state index contributed by atoms with van der Waals surface area (Å²) in [4.78, 5) is -0.447. The molecule has 0 aliphatic heterocycles. The minimum absolute atomic E-state index is 0.447. The van der Waals surface area contributed by atoms with E-state index in [-0.39, 0.29) is 0 Å². The Morgan fingerprint density at radius 3 is 2.36 bits per heavy atom. The molecule has 0 saturated carbocycles. The molecule has 0 atom stereocenters. The van der Waals surface area contributed by atoms with E-state index in [9.17, 15) is 0 Å². The van der Waals surface area contributed by atoms with Crippen molar-refractivity contribution in [2.45, 2.75) is 32.1 Å². The maximum atomic E-state index is 6.56. The van der Waals surface area contributed by atoms with Crippen molar-refractivity contribution < 1.29 is 9.47 Å². The smallest absolute Gasteiger partial charge is 0.131 e. The molecule has 0 bridgehead atoms. The molecule has 118 valence electrons. The Bertz CT molecular complexity index is 588. The van der Waals surface area contributed by atoms with Crippen LogP contribution in [-0.2, 0) is 16.0 Å². The van der Waals surface area contributed by atoms with Crippen molar-refractivity contribution >= 4 is 11.6 Å². The molecule has 0 fully saturated rings. The van der Waals surface area contributed by atoms with Crippen LogP contribution in [0.1, 0.15) is 31.9 Å². The lowest BCUT2D eigenvalue weighted by Gasteiger charge is -2.23. The third kappa shape index (κ3) is 4.49. The van der Waals surface area contributed by atoms with Crippen LogP contribution in [0.3, 0.4) is 0 Å². The van der Waals surface area contributed by atoms with Gasteiger partial charge in [-0.2, -0.15) is 0 Å². The quantitative estimate of drug-likeness (QED) is 0.493. The predicted molar refractivity (Wildman–Crippen MR) is 92.0 cm³/mol. The molecule has 2 nitrogen and oxygen atoms in total. The van der Waals surface area contributed by atoms with Gasteiger partial charge in [0.05, 0.1) is 11.5 Å². The van der Waals surface area contributed by atoms with Gasteiger partial charge in [0.25, 0.3) is 0 Å². The van der Waals surface area contributed by atoms with Crippen LogP contribution in [0.25, 0.3) is 0 Å².